The summed E-state index contributed by atoms with van der Waals surface area (Å²) in [5.41, 5.74) is 2.80. The van der Waals surface area contributed by atoms with Gasteiger partial charge in [-0.15, -0.1) is 0 Å². The standard InChI is InChI=1S/C22H22ClN5OS/c1-26-20(15-6-8-17(23)9-7-15)25-28(22(26)30)14-27-12-10-16(11-13-27)21-24-18-4-2-3-5-19(18)29-21/h2-9,16H,10-14H2,1H3. The van der Waals surface area contributed by atoms with E-state index in [2.05, 4.69) is 9.88 Å². The fourth-order valence-corrected chi connectivity index (χ4v) is 4.32. The van der Waals surface area contributed by atoms with Gasteiger partial charge in [-0.25, -0.2) is 9.67 Å². The number of hydrogen-bond acceptors (Lipinski definition) is 5. The van der Waals surface area contributed by atoms with E-state index in [1.165, 1.54) is 0 Å². The summed E-state index contributed by atoms with van der Waals surface area (Å²) in [6.07, 6.45) is 2.02. The molecular weight excluding hydrogens is 418 g/mol. The van der Waals surface area contributed by atoms with E-state index in [1.807, 2.05) is 64.8 Å². The third kappa shape index (κ3) is 3.69. The fraction of sp³-hybridized carbons (Fsp3) is 0.318. The Balaban J connectivity index is 1.28. The molecule has 0 N–H and O–H groups in total. The second-order valence-electron chi connectivity index (χ2n) is 7.73. The molecule has 8 heteroatoms. The van der Waals surface area contributed by atoms with E-state index in [1.54, 1.807) is 0 Å². The maximum absolute atomic E-state index is 6.01. The summed E-state index contributed by atoms with van der Waals surface area (Å²) in [5.74, 6) is 2.06. The molecule has 0 aliphatic carbocycles. The molecule has 154 valence electrons. The van der Waals surface area contributed by atoms with Crippen LogP contribution >= 0.6 is 23.8 Å². The predicted octanol–water partition coefficient (Wildman–Crippen LogP) is 5.25. The molecule has 1 aliphatic heterocycles. The van der Waals surface area contributed by atoms with Gasteiger partial charge in [0, 0.05) is 36.6 Å². The second kappa shape index (κ2) is 7.98. The first kappa shape index (κ1) is 19.5. The van der Waals surface area contributed by atoms with Crippen LogP contribution in [0.15, 0.2) is 52.9 Å². The van der Waals surface area contributed by atoms with Crippen LogP contribution in [0.4, 0.5) is 0 Å². The highest BCUT2D eigenvalue weighted by Crippen LogP contribution is 2.30. The Morgan fingerprint density at radius 2 is 1.83 bits per heavy atom. The number of halogens is 1. The number of aromatic nitrogens is 4. The molecule has 2 aromatic heterocycles. The van der Waals surface area contributed by atoms with Gasteiger partial charge in [-0.2, -0.15) is 5.10 Å². The first-order chi connectivity index (χ1) is 14.6. The molecule has 0 atom stereocenters. The van der Waals surface area contributed by atoms with Gasteiger partial charge in [-0.05, 0) is 61.5 Å². The minimum atomic E-state index is 0.356. The number of nitrogens with zero attached hydrogens (tertiary/aromatic N) is 5. The second-order valence-corrected chi connectivity index (χ2v) is 8.53. The van der Waals surface area contributed by atoms with E-state index in [0.717, 1.165) is 54.3 Å². The molecule has 2 aromatic carbocycles. The molecule has 1 fully saturated rings. The molecule has 4 aromatic rings. The fourth-order valence-electron chi connectivity index (χ4n) is 4.01. The molecule has 6 nitrogen and oxygen atoms in total. The smallest absolute Gasteiger partial charge is 0.199 e. The van der Waals surface area contributed by atoms with Crippen LogP contribution in [0, 0.1) is 4.77 Å². The molecule has 3 heterocycles. The largest absolute Gasteiger partial charge is 0.440 e. The molecule has 0 amide bonds. The lowest BCUT2D eigenvalue weighted by molar-refractivity contribution is 0.153. The minimum absolute atomic E-state index is 0.356. The molecule has 0 spiro atoms. The van der Waals surface area contributed by atoms with Crippen LogP contribution in [0.3, 0.4) is 0 Å². The van der Waals surface area contributed by atoms with Crippen molar-refractivity contribution in [1.82, 2.24) is 24.2 Å². The van der Waals surface area contributed by atoms with Crippen molar-refractivity contribution in [1.29, 1.82) is 0 Å². The van der Waals surface area contributed by atoms with Crippen LogP contribution in [0.1, 0.15) is 24.7 Å². The minimum Gasteiger partial charge on any atom is -0.440 e. The SMILES string of the molecule is Cn1c(-c2ccc(Cl)cc2)nn(CN2CCC(c3nc4ccccc4o3)CC2)c1=S. The maximum Gasteiger partial charge on any atom is 0.199 e. The first-order valence-electron chi connectivity index (χ1n) is 10.1. The molecule has 0 bridgehead atoms. The molecular formula is C22H22ClN5OS. The Hall–Kier alpha value is -2.48. The summed E-state index contributed by atoms with van der Waals surface area (Å²) in [6.45, 7) is 2.59. The van der Waals surface area contributed by atoms with Gasteiger partial charge < -0.3 is 8.98 Å². The zero-order valence-electron chi connectivity index (χ0n) is 16.7. The van der Waals surface area contributed by atoms with Crippen LogP contribution in [-0.4, -0.2) is 37.3 Å². The normalized spacial score (nSPS) is 15.8. The van der Waals surface area contributed by atoms with E-state index in [-0.39, 0.29) is 0 Å². The number of para-hydroxylation sites is 2. The highest BCUT2D eigenvalue weighted by atomic mass is 35.5. The number of rotatable bonds is 4. The lowest BCUT2D eigenvalue weighted by Gasteiger charge is -2.30. The highest BCUT2D eigenvalue weighted by Gasteiger charge is 2.25. The summed E-state index contributed by atoms with van der Waals surface area (Å²) >= 11 is 11.6. The van der Waals surface area contributed by atoms with Crippen LogP contribution in [0.5, 0.6) is 0 Å². The molecule has 0 unspecified atom stereocenters. The van der Waals surface area contributed by atoms with E-state index in [9.17, 15) is 0 Å². The van der Waals surface area contributed by atoms with Gasteiger partial charge in [0.25, 0.3) is 0 Å². The Bertz CT molecular complexity index is 1200. The Labute approximate surface area is 184 Å². The van der Waals surface area contributed by atoms with Crippen LogP contribution in [0.25, 0.3) is 22.5 Å². The van der Waals surface area contributed by atoms with Crippen molar-refractivity contribution in [2.24, 2.45) is 7.05 Å². The summed E-state index contributed by atoms with van der Waals surface area (Å²) in [5, 5.41) is 5.48. The number of fused-ring (bicyclic) bond motifs is 1. The molecule has 1 aliphatic rings. The highest BCUT2D eigenvalue weighted by molar-refractivity contribution is 7.71. The first-order valence-corrected chi connectivity index (χ1v) is 10.8. The van der Waals surface area contributed by atoms with Gasteiger partial charge >= 0.3 is 0 Å². The Kier molecular flexibility index (Phi) is 5.18. The van der Waals surface area contributed by atoms with Gasteiger partial charge in [0.1, 0.15) is 5.52 Å². The summed E-state index contributed by atoms with van der Waals surface area (Å²) in [7, 11) is 1.95. The van der Waals surface area contributed by atoms with Gasteiger partial charge in [-0.1, -0.05) is 23.7 Å². The number of likely N-dealkylation sites (tertiary alicyclic amines) is 1. The molecule has 0 saturated carbocycles. The molecule has 30 heavy (non-hydrogen) atoms. The number of hydrogen-bond donors (Lipinski definition) is 0. The number of benzene rings is 2. The Morgan fingerprint density at radius 3 is 2.57 bits per heavy atom. The quantitative estimate of drug-likeness (QED) is 0.406. The number of oxazole rings is 1. The molecule has 5 rings (SSSR count). The van der Waals surface area contributed by atoms with Crippen molar-refractivity contribution in [3.63, 3.8) is 0 Å². The van der Waals surface area contributed by atoms with Gasteiger partial charge in [0.15, 0.2) is 22.1 Å². The maximum atomic E-state index is 6.01. The molecule has 0 radical (unpaired) electrons. The van der Waals surface area contributed by atoms with E-state index < -0.39 is 0 Å². The van der Waals surface area contributed by atoms with Crippen LogP contribution in [0.2, 0.25) is 5.02 Å². The predicted molar refractivity (Wildman–Crippen MR) is 120 cm³/mol. The van der Waals surface area contributed by atoms with E-state index in [0.29, 0.717) is 22.4 Å². The van der Waals surface area contributed by atoms with Crippen molar-refractivity contribution < 1.29 is 4.42 Å². The van der Waals surface area contributed by atoms with Crippen LogP contribution in [-0.2, 0) is 13.7 Å². The van der Waals surface area contributed by atoms with Crippen molar-refractivity contribution >= 4 is 34.9 Å². The number of piperidine rings is 1. The monoisotopic (exact) mass is 439 g/mol. The zero-order chi connectivity index (χ0) is 20.7. The summed E-state index contributed by atoms with van der Waals surface area (Å²) in [6, 6.07) is 15.6. The zero-order valence-corrected chi connectivity index (χ0v) is 18.2. The van der Waals surface area contributed by atoms with Gasteiger partial charge in [0.05, 0.1) is 6.67 Å². The lowest BCUT2D eigenvalue weighted by atomic mass is 9.97. The topological polar surface area (TPSA) is 52.0 Å². The average Bonchev–Trinajstić information content (AvgIpc) is 3.32. The Morgan fingerprint density at radius 1 is 1.10 bits per heavy atom. The van der Waals surface area contributed by atoms with Crippen molar-refractivity contribution in [3.05, 3.63) is 64.2 Å². The van der Waals surface area contributed by atoms with Crippen LogP contribution < -0.4 is 0 Å². The summed E-state index contributed by atoms with van der Waals surface area (Å²) in [4.78, 5) is 7.06. The molecule has 1 saturated heterocycles. The average molecular weight is 440 g/mol. The lowest BCUT2D eigenvalue weighted by Crippen LogP contribution is -2.35. The van der Waals surface area contributed by atoms with Gasteiger partial charge in [0.2, 0.25) is 0 Å². The van der Waals surface area contributed by atoms with Crippen molar-refractivity contribution in [2.75, 3.05) is 13.1 Å². The third-order valence-electron chi connectivity index (χ3n) is 5.72. The van der Waals surface area contributed by atoms with E-state index in [4.69, 9.17) is 33.3 Å². The third-order valence-corrected chi connectivity index (χ3v) is 6.46. The van der Waals surface area contributed by atoms with Crippen molar-refractivity contribution in [3.8, 4) is 11.4 Å². The summed E-state index contributed by atoms with van der Waals surface area (Å²) < 4.78 is 10.5. The van der Waals surface area contributed by atoms with Gasteiger partial charge in [-0.3, -0.25) is 4.90 Å². The van der Waals surface area contributed by atoms with Crippen molar-refractivity contribution in [2.45, 2.75) is 25.4 Å². The van der Waals surface area contributed by atoms with E-state index >= 15 is 0 Å².